The van der Waals surface area contributed by atoms with Gasteiger partial charge >= 0.3 is 0 Å². The maximum absolute atomic E-state index is 9.35. The Morgan fingerprint density at radius 1 is 1.31 bits per heavy atom. The zero-order chi connectivity index (χ0) is 11.4. The first-order chi connectivity index (χ1) is 7.75. The van der Waals surface area contributed by atoms with E-state index in [1.165, 1.54) is 5.56 Å². The monoisotopic (exact) mass is 220 g/mol. The summed E-state index contributed by atoms with van der Waals surface area (Å²) in [6.07, 6.45) is 2.09. The van der Waals surface area contributed by atoms with Crippen molar-refractivity contribution < 1.29 is 9.84 Å². The van der Waals surface area contributed by atoms with Crippen molar-refractivity contribution in [3.8, 4) is 0 Å². The molecule has 16 heavy (non-hydrogen) atoms. The van der Waals surface area contributed by atoms with Gasteiger partial charge in [0, 0.05) is 6.61 Å². The van der Waals surface area contributed by atoms with Crippen molar-refractivity contribution in [1.29, 1.82) is 0 Å². The van der Waals surface area contributed by atoms with E-state index in [0.717, 1.165) is 19.4 Å². The van der Waals surface area contributed by atoms with Crippen LogP contribution < -0.4 is 0 Å². The molecule has 0 heterocycles. The van der Waals surface area contributed by atoms with Crippen LogP contribution in [0.3, 0.4) is 0 Å². The predicted molar refractivity (Wildman–Crippen MR) is 64.0 cm³/mol. The number of aliphatic hydroxyl groups excluding tert-OH is 1. The Balaban J connectivity index is 1.60. The van der Waals surface area contributed by atoms with E-state index in [2.05, 4.69) is 12.1 Å². The second-order valence-corrected chi connectivity index (χ2v) is 4.84. The Kier molecular flexibility index (Phi) is 3.97. The smallest absolute Gasteiger partial charge is 0.0717 e. The van der Waals surface area contributed by atoms with Gasteiger partial charge in [-0.3, -0.25) is 0 Å². The quantitative estimate of drug-likeness (QED) is 0.826. The highest BCUT2D eigenvalue weighted by molar-refractivity contribution is 5.13. The molecule has 2 heteroatoms. The van der Waals surface area contributed by atoms with E-state index in [9.17, 15) is 5.11 Å². The van der Waals surface area contributed by atoms with Crippen LogP contribution >= 0.6 is 0 Å². The van der Waals surface area contributed by atoms with Crippen molar-refractivity contribution in [3.05, 3.63) is 35.9 Å². The fraction of sp³-hybridized carbons (Fsp3) is 0.571. The number of ether oxygens (including phenoxy) is 1. The summed E-state index contributed by atoms with van der Waals surface area (Å²) in [6, 6.07) is 10.2. The van der Waals surface area contributed by atoms with Gasteiger partial charge in [-0.2, -0.15) is 0 Å². The molecule has 1 aromatic rings. The fourth-order valence-corrected chi connectivity index (χ4v) is 2.23. The van der Waals surface area contributed by atoms with Crippen LogP contribution in [0.5, 0.6) is 0 Å². The largest absolute Gasteiger partial charge is 0.393 e. The minimum absolute atomic E-state index is 0.148. The molecule has 1 aliphatic carbocycles. The summed E-state index contributed by atoms with van der Waals surface area (Å²) in [6.45, 7) is 3.42. The topological polar surface area (TPSA) is 29.5 Å². The van der Waals surface area contributed by atoms with E-state index >= 15 is 0 Å². The maximum Gasteiger partial charge on any atom is 0.0717 e. The summed E-state index contributed by atoms with van der Waals surface area (Å²) in [5.41, 5.74) is 1.23. The fourth-order valence-electron chi connectivity index (χ4n) is 2.23. The normalized spacial score (nSPS) is 26.1. The summed E-state index contributed by atoms with van der Waals surface area (Å²) in [4.78, 5) is 0. The third kappa shape index (κ3) is 3.06. The van der Waals surface area contributed by atoms with Crippen LogP contribution in [0.25, 0.3) is 0 Å². The van der Waals surface area contributed by atoms with Crippen LogP contribution in [0, 0.1) is 11.8 Å². The van der Waals surface area contributed by atoms with Gasteiger partial charge in [-0.1, -0.05) is 30.3 Å². The molecule has 1 aromatic carbocycles. The summed E-state index contributed by atoms with van der Waals surface area (Å²) in [7, 11) is 0. The molecule has 0 aromatic heterocycles. The number of rotatable bonds is 5. The van der Waals surface area contributed by atoms with Crippen LogP contribution in [-0.4, -0.2) is 17.8 Å². The first kappa shape index (κ1) is 11.6. The minimum Gasteiger partial charge on any atom is -0.393 e. The van der Waals surface area contributed by atoms with Gasteiger partial charge in [-0.25, -0.2) is 0 Å². The first-order valence-electron chi connectivity index (χ1n) is 6.05. The summed E-state index contributed by atoms with van der Waals surface area (Å²) < 4.78 is 5.67. The molecule has 0 aliphatic heterocycles. The number of hydrogen-bond acceptors (Lipinski definition) is 2. The van der Waals surface area contributed by atoms with Crippen LogP contribution in [0.2, 0.25) is 0 Å². The molecule has 1 saturated carbocycles. The summed E-state index contributed by atoms with van der Waals surface area (Å²) >= 11 is 0. The molecule has 1 N–H and O–H groups in total. The molecular weight excluding hydrogens is 200 g/mol. The third-order valence-corrected chi connectivity index (χ3v) is 3.42. The standard InChI is InChI=1S/C14H20O2/c1-11(15)14-7-13(8-14)10-16-9-12-5-3-2-4-6-12/h2-6,11,13-15H,7-10H2,1H3/t11-,13?,14?/m1/s1. The van der Waals surface area contributed by atoms with E-state index < -0.39 is 0 Å². The molecule has 0 radical (unpaired) electrons. The van der Waals surface area contributed by atoms with Crippen LogP contribution in [-0.2, 0) is 11.3 Å². The highest BCUT2D eigenvalue weighted by Crippen LogP contribution is 2.36. The van der Waals surface area contributed by atoms with Crippen molar-refractivity contribution in [3.63, 3.8) is 0 Å². The number of benzene rings is 1. The lowest BCUT2D eigenvalue weighted by Crippen LogP contribution is -2.34. The van der Waals surface area contributed by atoms with Gasteiger partial charge in [0.1, 0.15) is 0 Å². The van der Waals surface area contributed by atoms with Gasteiger partial charge in [0.05, 0.1) is 12.7 Å². The van der Waals surface area contributed by atoms with Crippen LogP contribution in [0.4, 0.5) is 0 Å². The molecule has 1 aliphatic rings. The lowest BCUT2D eigenvalue weighted by atomic mass is 9.73. The minimum atomic E-state index is -0.148. The Hall–Kier alpha value is -0.860. The number of hydrogen-bond donors (Lipinski definition) is 1. The van der Waals surface area contributed by atoms with Gasteiger partial charge in [0.15, 0.2) is 0 Å². The molecular formula is C14H20O2. The van der Waals surface area contributed by atoms with Gasteiger partial charge in [0.2, 0.25) is 0 Å². The molecule has 0 amide bonds. The Labute approximate surface area is 97.3 Å². The second kappa shape index (κ2) is 5.46. The third-order valence-electron chi connectivity index (χ3n) is 3.42. The van der Waals surface area contributed by atoms with E-state index in [0.29, 0.717) is 18.4 Å². The van der Waals surface area contributed by atoms with Crippen molar-refractivity contribution in [2.75, 3.05) is 6.61 Å². The first-order valence-corrected chi connectivity index (χ1v) is 6.05. The van der Waals surface area contributed by atoms with Crippen molar-refractivity contribution in [1.82, 2.24) is 0 Å². The van der Waals surface area contributed by atoms with Gasteiger partial charge in [-0.15, -0.1) is 0 Å². The Bertz CT molecular complexity index is 302. The van der Waals surface area contributed by atoms with Crippen LogP contribution in [0.15, 0.2) is 30.3 Å². The van der Waals surface area contributed by atoms with E-state index in [4.69, 9.17) is 4.74 Å². The molecule has 2 rings (SSSR count). The molecule has 1 fully saturated rings. The highest BCUT2D eigenvalue weighted by atomic mass is 16.5. The summed E-state index contributed by atoms with van der Waals surface area (Å²) in [5, 5.41) is 9.35. The van der Waals surface area contributed by atoms with Gasteiger partial charge in [-0.05, 0) is 37.2 Å². The zero-order valence-corrected chi connectivity index (χ0v) is 9.80. The maximum atomic E-state index is 9.35. The van der Waals surface area contributed by atoms with Crippen LogP contribution in [0.1, 0.15) is 25.3 Å². The Morgan fingerprint density at radius 3 is 2.62 bits per heavy atom. The predicted octanol–water partition coefficient (Wildman–Crippen LogP) is 2.61. The van der Waals surface area contributed by atoms with Crippen molar-refractivity contribution in [2.45, 2.75) is 32.5 Å². The van der Waals surface area contributed by atoms with Crippen molar-refractivity contribution >= 4 is 0 Å². The van der Waals surface area contributed by atoms with Gasteiger partial charge < -0.3 is 9.84 Å². The average molecular weight is 220 g/mol. The van der Waals surface area contributed by atoms with E-state index in [1.807, 2.05) is 25.1 Å². The SMILES string of the molecule is C[C@@H](O)C1CC(COCc2ccccc2)C1. The molecule has 0 unspecified atom stereocenters. The highest BCUT2D eigenvalue weighted by Gasteiger charge is 2.32. The average Bonchev–Trinajstić information content (AvgIpc) is 2.22. The van der Waals surface area contributed by atoms with E-state index in [-0.39, 0.29) is 6.10 Å². The molecule has 0 bridgehead atoms. The molecule has 0 spiro atoms. The Morgan fingerprint density at radius 2 is 2.00 bits per heavy atom. The van der Waals surface area contributed by atoms with E-state index in [1.54, 1.807) is 0 Å². The zero-order valence-electron chi connectivity index (χ0n) is 9.80. The molecule has 88 valence electrons. The lowest BCUT2D eigenvalue weighted by molar-refractivity contribution is -0.0105. The lowest BCUT2D eigenvalue weighted by Gasteiger charge is -2.36. The van der Waals surface area contributed by atoms with Crippen molar-refractivity contribution in [2.24, 2.45) is 11.8 Å². The molecule has 2 nitrogen and oxygen atoms in total. The molecule has 0 saturated heterocycles. The van der Waals surface area contributed by atoms with Gasteiger partial charge in [0.25, 0.3) is 0 Å². The second-order valence-electron chi connectivity index (χ2n) is 4.84. The number of aliphatic hydroxyl groups is 1. The molecule has 1 atom stereocenters. The summed E-state index contributed by atoms with van der Waals surface area (Å²) in [5.74, 6) is 1.16.